The summed E-state index contributed by atoms with van der Waals surface area (Å²) in [6.45, 7) is 5.62. The van der Waals surface area contributed by atoms with Crippen LogP contribution in [-0.4, -0.2) is 17.0 Å². The van der Waals surface area contributed by atoms with Gasteiger partial charge in [0.1, 0.15) is 5.82 Å². The molecule has 21 heavy (non-hydrogen) atoms. The Morgan fingerprint density at radius 3 is 2.67 bits per heavy atom. The van der Waals surface area contributed by atoms with E-state index in [1.165, 1.54) is 23.0 Å². The number of rotatable bonds is 3. The molecular weight excluding hydrogens is 277 g/mol. The van der Waals surface area contributed by atoms with Crippen LogP contribution in [0.1, 0.15) is 26.3 Å². The van der Waals surface area contributed by atoms with Gasteiger partial charge < -0.3 is 9.84 Å². The first-order chi connectivity index (χ1) is 9.82. The highest BCUT2D eigenvalue weighted by molar-refractivity contribution is 5.65. The molecule has 0 amide bonds. The maximum atomic E-state index is 12.8. The monoisotopic (exact) mass is 293 g/mol. The molecule has 0 atom stereocenters. The van der Waals surface area contributed by atoms with E-state index in [0.717, 1.165) is 5.56 Å². The van der Waals surface area contributed by atoms with Crippen LogP contribution in [-0.2, 0) is 11.3 Å². The minimum Gasteiger partial charge on any atom is -0.594 e. The maximum Gasteiger partial charge on any atom is 0.323 e. The van der Waals surface area contributed by atoms with Crippen molar-refractivity contribution in [2.75, 3.05) is 0 Å². The van der Waals surface area contributed by atoms with Gasteiger partial charge in [0.2, 0.25) is 11.8 Å². The van der Waals surface area contributed by atoms with E-state index in [1.807, 2.05) is 0 Å². The van der Waals surface area contributed by atoms with E-state index in [9.17, 15) is 9.50 Å². The molecule has 0 bridgehead atoms. The highest BCUT2D eigenvalue weighted by Gasteiger charge is 2.12. The van der Waals surface area contributed by atoms with Gasteiger partial charge in [0.15, 0.2) is 6.08 Å². The Hall–Kier alpha value is -2.44. The largest absolute Gasteiger partial charge is 0.594 e. The quantitative estimate of drug-likeness (QED) is 0.486. The van der Waals surface area contributed by atoms with Crippen LogP contribution in [0.15, 0.2) is 40.0 Å². The van der Waals surface area contributed by atoms with Crippen molar-refractivity contribution in [3.63, 3.8) is 0 Å². The molecule has 1 aromatic carbocycles. The molecular formula is C14H16FN3O3. The van der Waals surface area contributed by atoms with Crippen molar-refractivity contribution in [2.45, 2.75) is 32.9 Å². The number of hydrogen-bond acceptors (Lipinski definition) is 5. The summed E-state index contributed by atoms with van der Waals surface area (Å²) in [7, 11) is 0. The summed E-state index contributed by atoms with van der Waals surface area (Å²) < 4.78 is 24.2. The van der Waals surface area contributed by atoms with Gasteiger partial charge in [-0.25, -0.2) is 4.39 Å². The summed E-state index contributed by atoms with van der Waals surface area (Å²) in [5.41, 5.74) is 0.226. The van der Waals surface area contributed by atoms with Crippen LogP contribution in [0.5, 0.6) is 0 Å². The summed E-state index contributed by atoms with van der Waals surface area (Å²) in [5.74, 6) is -0.254. The third-order valence-electron chi connectivity index (χ3n) is 2.35. The van der Waals surface area contributed by atoms with Gasteiger partial charge in [0.25, 0.3) is 6.20 Å². The average Bonchev–Trinajstić information content (AvgIpc) is 2.77. The molecule has 0 aliphatic rings. The highest BCUT2D eigenvalue weighted by atomic mass is 19.1. The Bertz CT molecular complexity index is 630. The van der Waals surface area contributed by atoms with Crippen molar-refractivity contribution in [3.8, 4) is 0 Å². The Morgan fingerprint density at radius 1 is 1.38 bits per heavy atom. The number of benzene rings is 1. The van der Waals surface area contributed by atoms with Gasteiger partial charge in [-0.2, -0.15) is 4.99 Å². The second kappa shape index (κ2) is 5.90. The average molecular weight is 293 g/mol. The van der Waals surface area contributed by atoms with Crippen LogP contribution >= 0.6 is 0 Å². The third kappa shape index (κ3) is 4.87. The molecule has 2 aromatic rings. The summed E-state index contributed by atoms with van der Waals surface area (Å²) >= 11 is 0. The van der Waals surface area contributed by atoms with E-state index < -0.39 is 11.7 Å². The fourth-order valence-corrected chi connectivity index (χ4v) is 1.54. The van der Waals surface area contributed by atoms with Crippen LogP contribution in [0.25, 0.3) is 0 Å². The van der Waals surface area contributed by atoms with Crippen LogP contribution in [0.2, 0.25) is 0 Å². The Balaban J connectivity index is 2.04. The summed E-state index contributed by atoms with van der Waals surface area (Å²) in [5, 5.41) is 15.2. The SMILES string of the molecule is CC(C)(C)O/C([O-])=N/c1c[n+](Cc2ccc(F)cc2)no1. The normalized spacial score (nSPS) is 12.5. The predicted octanol–water partition coefficient (Wildman–Crippen LogP) is 1.31. The van der Waals surface area contributed by atoms with Crippen LogP contribution in [0.4, 0.5) is 10.3 Å². The lowest BCUT2D eigenvalue weighted by atomic mass is 10.2. The van der Waals surface area contributed by atoms with Crippen LogP contribution in [0, 0.1) is 5.82 Å². The zero-order valence-electron chi connectivity index (χ0n) is 12.0. The highest BCUT2D eigenvalue weighted by Crippen LogP contribution is 2.11. The summed E-state index contributed by atoms with van der Waals surface area (Å²) in [6.07, 6.45) is 0.723. The van der Waals surface area contributed by atoms with Gasteiger partial charge >= 0.3 is 5.88 Å². The molecule has 0 saturated heterocycles. The van der Waals surface area contributed by atoms with Crippen molar-refractivity contribution in [2.24, 2.45) is 4.99 Å². The summed E-state index contributed by atoms with van der Waals surface area (Å²) in [6, 6.07) is 6.01. The molecule has 0 N–H and O–H groups in total. The minimum atomic E-state index is -0.743. The van der Waals surface area contributed by atoms with Crippen molar-refractivity contribution in [1.29, 1.82) is 0 Å². The molecule has 2 rings (SSSR count). The molecule has 0 aliphatic carbocycles. The van der Waals surface area contributed by atoms with Crippen molar-refractivity contribution in [1.82, 2.24) is 5.27 Å². The first-order valence-electron chi connectivity index (χ1n) is 6.37. The predicted molar refractivity (Wildman–Crippen MR) is 70.1 cm³/mol. The molecule has 1 aromatic heterocycles. The second-order valence-electron chi connectivity index (χ2n) is 5.46. The van der Waals surface area contributed by atoms with Crippen molar-refractivity contribution >= 4 is 12.0 Å². The topological polar surface area (TPSA) is 74.6 Å². The molecule has 0 spiro atoms. The first-order valence-corrected chi connectivity index (χ1v) is 6.37. The summed E-state index contributed by atoms with van der Waals surface area (Å²) in [4.78, 5) is 3.65. The van der Waals surface area contributed by atoms with Gasteiger partial charge in [-0.3, -0.25) is 4.52 Å². The van der Waals surface area contributed by atoms with Crippen molar-refractivity contribution < 1.29 is 23.4 Å². The smallest absolute Gasteiger partial charge is 0.323 e. The molecule has 0 fully saturated rings. The number of aliphatic imine (C=N–C) groups is 1. The second-order valence-corrected chi connectivity index (χ2v) is 5.46. The minimum absolute atomic E-state index is 0.0476. The fourth-order valence-electron chi connectivity index (χ4n) is 1.54. The molecule has 0 unspecified atom stereocenters. The van der Waals surface area contributed by atoms with Crippen LogP contribution < -0.4 is 9.79 Å². The zero-order valence-corrected chi connectivity index (χ0v) is 12.0. The van der Waals surface area contributed by atoms with Crippen molar-refractivity contribution in [3.05, 3.63) is 41.8 Å². The van der Waals surface area contributed by atoms with E-state index >= 15 is 0 Å². The van der Waals surface area contributed by atoms with Gasteiger partial charge in [-0.15, -0.1) is 0 Å². The molecule has 6 nitrogen and oxygen atoms in total. The number of halogens is 1. The Kier molecular flexibility index (Phi) is 4.21. The maximum absolute atomic E-state index is 12.8. The lowest BCUT2D eigenvalue weighted by molar-refractivity contribution is -0.754. The van der Waals surface area contributed by atoms with Gasteiger partial charge in [0, 0.05) is 11.2 Å². The van der Waals surface area contributed by atoms with E-state index in [2.05, 4.69) is 10.3 Å². The number of aromatic nitrogens is 2. The Morgan fingerprint density at radius 2 is 2.05 bits per heavy atom. The van der Waals surface area contributed by atoms with E-state index in [4.69, 9.17) is 9.26 Å². The lowest BCUT2D eigenvalue weighted by Gasteiger charge is -2.28. The third-order valence-corrected chi connectivity index (χ3v) is 2.35. The van der Waals surface area contributed by atoms with E-state index in [-0.39, 0.29) is 11.7 Å². The number of hydrogen-bond donors (Lipinski definition) is 0. The van der Waals surface area contributed by atoms with Crippen LogP contribution in [0.3, 0.4) is 0 Å². The van der Waals surface area contributed by atoms with E-state index in [0.29, 0.717) is 6.54 Å². The van der Waals surface area contributed by atoms with Gasteiger partial charge in [-0.05, 0) is 28.9 Å². The zero-order chi connectivity index (χ0) is 15.5. The standard InChI is InChI=1S/C14H16FN3O3/c1-14(2,3)20-13(19)16-12-9-18(17-21-12)8-10-4-6-11(15)7-5-10/h4-7,9H,8H2,1-3H3. The molecule has 112 valence electrons. The lowest BCUT2D eigenvalue weighted by Crippen LogP contribution is -2.35. The molecule has 7 heteroatoms. The molecule has 0 radical (unpaired) electrons. The number of nitrogens with zero attached hydrogens (tertiary/aromatic N) is 3. The van der Waals surface area contributed by atoms with E-state index in [1.54, 1.807) is 32.9 Å². The molecule has 0 saturated carbocycles. The number of ether oxygens (including phenoxy) is 1. The fraction of sp³-hybridized carbons (Fsp3) is 0.357. The Labute approximate surface area is 121 Å². The molecule has 0 aliphatic heterocycles. The van der Waals surface area contributed by atoms with Gasteiger partial charge in [0.05, 0.1) is 0 Å². The molecule has 1 heterocycles. The van der Waals surface area contributed by atoms with Gasteiger partial charge in [-0.1, -0.05) is 20.8 Å². The first kappa shape index (κ1) is 15.0.